The Labute approximate surface area is 86.3 Å². The number of halogens is 2. The van der Waals surface area contributed by atoms with E-state index in [1.165, 1.54) is 5.56 Å². The standard InChI is InChI=1S/C10H11FI/c1-7-3-4-10(12)9(5-7)8(2)6-11/h3-5H,6H2,1-2H3. The van der Waals surface area contributed by atoms with Gasteiger partial charge in [-0.3, -0.25) is 4.39 Å². The average molecular weight is 277 g/mol. The number of alkyl halides is 1. The van der Waals surface area contributed by atoms with E-state index in [-0.39, 0.29) is 6.67 Å². The monoisotopic (exact) mass is 277 g/mol. The normalized spacial score (nSPS) is 10.8. The molecule has 0 heterocycles. The molecular weight excluding hydrogens is 266 g/mol. The van der Waals surface area contributed by atoms with E-state index in [2.05, 4.69) is 22.6 Å². The van der Waals surface area contributed by atoms with E-state index in [1.807, 2.05) is 32.0 Å². The minimum absolute atomic E-state index is 0.362. The van der Waals surface area contributed by atoms with Gasteiger partial charge in [0.2, 0.25) is 0 Å². The zero-order chi connectivity index (χ0) is 9.14. The molecule has 0 aromatic heterocycles. The zero-order valence-corrected chi connectivity index (χ0v) is 9.35. The zero-order valence-electron chi connectivity index (χ0n) is 7.20. The fourth-order valence-corrected chi connectivity index (χ4v) is 1.83. The van der Waals surface area contributed by atoms with Crippen LogP contribution in [0.3, 0.4) is 0 Å². The minimum atomic E-state index is -0.362. The van der Waals surface area contributed by atoms with E-state index in [9.17, 15) is 4.39 Å². The summed E-state index contributed by atoms with van der Waals surface area (Å²) in [5, 5.41) is 0. The lowest BCUT2D eigenvalue weighted by atomic mass is 10.0. The van der Waals surface area contributed by atoms with Gasteiger partial charge in [0.05, 0.1) is 6.67 Å². The minimum Gasteiger partial charge on any atom is -0.250 e. The molecule has 0 aliphatic heterocycles. The van der Waals surface area contributed by atoms with Crippen LogP contribution in [0, 0.1) is 16.4 Å². The molecule has 0 atom stereocenters. The molecule has 0 bridgehead atoms. The molecule has 0 fully saturated rings. The van der Waals surface area contributed by atoms with Gasteiger partial charge in [0.1, 0.15) is 0 Å². The molecular formula is C10H11FI. The lowest BCUT2D eigenvalue weighted by Crippen LogP contribution is -1.99. The highest BCUT2D eigenvalue weighted by Crippen LogP contribution is 2.22. The molecule has 0 aliphatic rings. The van der Waals surface area contributed by atoms with Gasteiger partial charge in [-0.05, 0) is 41.1 Å². The molecule has 1 aromatic rings. The SMILES string of the molecule is C[C](CF)c1cc(C)ccc1I. The van der Waals surface area contributed by atoms with E-state index in [1.54, 1.807) is 0 Å². The second-order valence-corrected chi connectivity index (χ2v) is 4.06. The lowest BCUT2D eigenvalue weighted by molar-refractivity contribution is 0.515. The molecule has 0 N–H and O–H groups in total. The number of aryl methyl sites for hydroxylation is 1. The molecule has 0 spiro atoms. The maximum atomic E-state index is 12.3. The van der Waals surface area contributed by atoms with Gasteiger partial charge in [-0.1, -0.05) is 24.6 Å². The predicted molar refractivity (Wildman–Crippen MR) is 57.9 cm³/mol. The topological polar surface area (TPSA) is 0 Å². The Bertz CT molecular complexity index is 271. The van der Waals surface area contributed by atoms with Gasteiger partial charge in [-0.25, -0.2) is 0 Å². The number of hydrogen-bond donors (Lipinski definition) is 0. The van der Waals surface area contributed by atoms with E-state index in [4.69, 9.17) is 0 Å². The Hall–Kier alpha value is -0.120. The molecule has 0 unspecified atom stereocenters. The first-order valence-electron chi connectivity index (χ1n) is 3.80. The summed E-state index contributed by atoms with van der Waals surface area (Å²) >= 11 is 2.23. The van der Waals surface area contributed by atoms with Crippen LogP contribution in [0.5, 0.6) is 0 Å². The van der Waals surface area contributed by atoms with Crippen LogP contribution in [-0.2, 0) is 0 Å². The van der Waals surface area contributed by atoms with Gasteiger partial charge in [-0.15, -0.1) is 0 Å². The van der Waals surface area contributed by atoms with Crippen molar-refractivity contribution >= 4 is 22.6 Å². The van der Waals surface area contributed by atoms with Crippen LogP contribution in [0.25, 0.3) is 0 Å². The largest absolute Gasteiger partial charge is 0.250 e. The Morgan fingerprint density at radius 1 is 1.50 bits per heavy atom. The third-order valence-corrected chi connectivity index (χ3v) is 2.72. The molecule has 1 aromatic carbocycles. The van der Waals surface area contributed by atoms with Crippen LogP contribution < -0.4 is 0 Å². The predicted octanol–water partition coefficient (Wildman–Crippen LogP) is 3.51. The van der Waals surface area contributed by atoms with Gasteiger partial charge < -0.3 is 0 Å². The summed E-state index contributed by atoms with van der Waals surface area (Å²) in [5.41, 5.74) is 2.22. The molecule has 0 saturated heterocycles. The van der Waals surface area contributed by atoms with E-state index in [0.717, 1.165) is 15.1 Å². The maximum absolute atomic E-state index is 12.3. The van der Waals surface area contributed by atoms with E-state index >= 15 is 0 Å². The van der Waals surface area contributed by atoms with Crippen LogP contribution in [0.1, 0.15) is 18.1 Å². The Balaban J connectivity index is 3.04. The number of hydrogen-bond acceptors (Lipinski definition) is 0. The fraction of sp³-hybridized carbons (Fsp3) is 0.300. The summed E-state index contributed by atoms with van der Waals surface area (Å²) < 4.78 is 13.5. The van der Waals surface area contributed by atoms with Gasteiger partial charge >= 0.3 is 0 Å². The molecule has 0 amide bonds. The third-order valence-electron chi connectivity index (χ3n) is 1.78. The van der Waals surface area contributed by atoms with Crippen molar-refractivity contribution in [2.75, 3.05) is 6.67 Å². The molecule has 0 saturated carbocycles. The highest BCUT2D eigenvalue weighted by atomic mass is 127. The smallest absolute Gasteiger partial charge is 0.0998 e. The number of benzene rings is 1. The maximum Gasteiger partial charge on any atom is 0.0998 e. The Morgan fingerprint density at radius 2 is 2.17 bits per heavy atom. The van der Waals surface area contributed by atoms with Crippen molar-refractivity contribution in [2.24, 2.45) is 0 Å². The highest BCUT2D eigenvalue weighted by molar-refractivity contribution is 14.1. The summed E-state index contributed by atoms with van der Waals surface area (Å²) in [6, 6.07) is 6.08. The Kier molecular flexibility index (Phi) is 3.50. The lowest BCUT2D eigenvalue weighted by Gasteiger charge is -2.09. The van der Waals surface area contributed by atoms with Crippen molar-refractivity contribution in [3.63, 3.8) is 0 Å². The first-order chi connectivity index (χ1) is 5.65. The van der Waals surface area contributed by atoms with Crippen molar-refractivity contribution in [3.05, 3.63) is 38.8 Å². The van der Waals surface area contributed by atoms with Crippen LogP contribution in [0.4, 0.5) is 4.39 Å². The first kappa shape index (κ1) is 9.96. The average Bonchev–Trinajstić information content (AvgIpc) is 2.08. The van der Waals surface area contributed by atoms with Gasteiger partial charge in [0, 0.05) is 9.49 Å². The summed E-state index contributed by atoms with van der Waals surface area (Å²) in [4.78, 5) is 0. The van der Waals surface area contributed by atoms with Crippen molar-refractivity contribution in [2.45, 2.75) is 13.8 Å². The summed E-state index contributed by atoms with van der Waals surface area (Å²) in [6.45, 7) is 3.49. The van der Waals surface area contributed by atoms with Crippen LogP contribution in [0.15, 0.2) is 18.2 Å². The third kappa shape index (κ3) is 2.19. The van der Waals surface area contributed by atoms with Crippen molar-refractivity contribution in [3.8, 4) is 0 Å². The fourth-order valence-electron chi connectivity index (χ4n) is 1.04. The van der Waals surface area contributed by atoms with Gasteiger partial charge in [-0.2, -0.15) is 0 Å². The molecule has 0 aliphatic carbocycles. The molecule has 0 nitrogen and oxygen atoms in total. The van der Waals surface area contributed by atoms with Gasteiger partial charge in [0.15, 0.2) is 0 Å². The van der Waals surface area contributed by atoms with Crippen molar-refractivity contribution in [1.82, 2.24) is 0 Å². The second kappa shape index (κ2) is 4.21. The van der Waals surface area contributed by atoms with E-state index in [0.29, 0.717) is 0 Å². The molecule has 1 rings (SSSR count). The van der Waals surface area contributed by atoms with E-state index < -0.39 is 0 Å². The van der Waals surface area contributed by atoms with Gasteiger partial charge in [0.25, 0.3) is 0 Å². The van der Waals surface area contributed by atoms with Crippen molar-refractivity contribution in [1.29, 1.82) is 0 Å². The molecule has 12 heavy (non-hydrogen) atoms. The molecule has 2 heteroatoms. The Morgan fingerprint density at radius 3 is 2.75 bits per heavy atom. The van der Waals surface area contributed by atoms with Crippen LogP contribution in [0.2, 0.25) is 0 Å². The highest BCUT2D eigenvalue weighted by Gasteiger charge is 2.09. The molecule has 65 valence electrons. The summed E-state index contributed by atoms with van der Waals surface area (Å²) in [5.74, 6) is 0.808. The summed E-state index contributed by atoms with van der Waals surface area (Å²) in [7, 11) is 0. The van der Waals surface area contributed by atoms with Crippen LogP contribution >= 0.6 is 22.6 Å². The quantitative estimate of drug-likeness (QED) is 0.726. The number of rotatable bonds is 2. The van der Waals surface area contributed by atoms with Crippen LogP contribution in [-0.4, -0.2) is 6.67 Å². The second-order valence-electron chi connectivity index (χ2n) is 2.90. The molecule has 1 radical (unpaired) electrons. The summed E-state index contributed by atoms with van der Waals surface area (Å²) in [6.07, 6.45) is 0. The first-order valence-corrected chi connectivity index (χ1v) is 4.88. The van der Waals surface area contributed by atoms with Crippen molar-refractivity contribution < 1.29 is 4.39 Å².